The van der Waals surface area contributed by atoms with Crippen molar-refractivity contribution in [1.29, 1.82) is 0 Å². The lowest BCUT2D eigenvalue weighted by Crippen LogP contribution is -2.29. The fraction of sp³-hybridized carbons (Fsp3) is 0.353. The summed E-state index contributed by atoms with van der Waals surface area (Å²) in [7, 11) is 1.65. The van der Waals surface area contributed by atoms with Gasteiger partial charge in [0, 0.05) is 12.8 Å². The van der Waals surface area contributed by atoms with E-state index >= 15 is 0 Å². The van der Waals surface area contributed by atoms with Crippen LogP contribution in [0, 0.1) is 5.92 Å². The Kier molecular flexibility index (Phi) is 4.62. The Morgan fingerprint density at radius 1 is 1.21 bits per heavy atom. The molecule has 3 rings (SSSR count). The molecule has 0 aliphatic carbocycles. The quantitative estimate of drug-likeness (QED) is 0.720. The van der Waals surface area contributed by atoms with Gasteiger partial charge < -0.3 is 4.57 Å². The Hall–Kier alpha value is -2.28. The second-order valence-electron chi connectivity index (χ2n) is 6.16. The van der Waals surface area contributed by atoms with E-state index in [0.29, 0.717) is 23.6 Å². The fourth-order valence-corrected chi connectivity index (χ4v) is 3.46. The van der Waals surface area contributed by atoms with Crippen molar-refractivity contribution in [3.05, 3.63) is 56.7 Å². The molecule has 2 aromatic heterocycles. The number of nitrogens with one attached hydrogen (secondary N) is 1. The molecule has 1 N–H and O–H groups in total. The van der Waals surface area contributed by atoms with Gasteiger partial charge in [-0.25, -0.2) is 9.78 Å². The van der Waals surface area contributed by atoms with Crippen LogP contribution in [0.15, 0.2) is 45.1 Å². The first-order chi connectivity index (χ1) is 11.5. The lowest BCUT2D eigenvalue weighted by molar-refractivity contribution is 0.690. The van der Waals surface area contributed by atoms with Crippen LogP contribution in [-0.4, -0.2) is 24.9 Å². The number of fused-ring (bicyclic) bond motifs is 1. The highest BCUT2D eigenvalue weighted by Crippen LogP contribution is 2.24. The molecule has 7 heteroatoms. The maximum atomic E-state index is 12.2. The van der Waals surface area contributed by atoms with Crippen LogP contribution in [0.3, 0.4) is 0 Å². The van der Waals surface area contributed by atoms with E-state index in [1.54, 1.807) is 18.8 Å². The van der Waals surface area contributed by atoms with Crippen LogP contribution in [0.1, 0.15) is 19.4 Å². The summed E-state index contributed by atoms with van der Waals surface area (Å²) in [4.78, 5) is 31.0. The van der Waals surface area contributed by atoms with Crippen LogP contribution >= 0.6 is 11.8 Å². The van der Waals surface area contributed by atoms with Gasteiger partial charge in [-0.15, -0.1) is 0 Å². The van der Waals surface area contributed by atoms with E-state index in [9.17, 15) is 9.59 Å². The molecule has 0 aliphatic rings. The summed E-state index contributed by atoms with van der Waals surface area (Å²) in [6, 6.07) is 9.95. The van der Waals surface area contributed by atoms with E-state index in [2.05, 4.69) is 23.8 Å². The SMILES string of the molecule is CC(C)CSc1nc2c(=O)[nH]c(=O)n(C)c2n1Cc1ccccc1. The molecule has 0 saturated heterocycles. The zero-order valence-corrected chi connectivity index (χ0v) is 14.8. The summed E-state index contributed by atoms with van der Waals surface area (Å²) in [5.41, 5.74) is 1.09. The van der Waals surface area contributed by atoms with Crippen LogP contribution in [-0.2, 0) is 13.6 Å². The molecule has 2 heterocycles. The molecule has 0 fully saturated rings. The number of imidazole rings is 1. The normalized spacial score (nSPS) is 11.5. The molecule has 0 spiro atoms. The van der Waals surface area contributed by atoms with Gasteiger partial charge >= 0.3 is 5.69 Å². The molecule has 6 nitrogen and oxygen atoms in total. The van der Waals surface area contributed by atoms with Crippen molar-refractivity contribution in [2.45, 2.75) is 25.5 Å². The monoisotopic (exact) mass is 344 g/mol. The molecular weight excluding hydrogens is 324 g/mol. The minimum Gasteiger partial charge on any atom is -0.300 e. The van der Waals surface area contributed by atoms with Gasteiger partial charge in [0.25, 0.3) is 5.56 Å². The van der Waals surface area contributed by atoms with Crippen molar-refractivity contribution in [3.8, 4) is 0 Å². The third kappa shape index (κ3) is 3.17. The Bertz CT molecular complexity index is 970. The highest BCUT2D eigenvalue weighted by molar-refractivity contribution is 7.99. The van der Waals surface area contributed by atoms with Crippen molar-refractivity contribution in [2.75, 3.05) is 5.75 Å². The molecule has 126 valence electrons. The maximum Gasteiger partial charge on any atom is 0.329 e. The van der Waals surface area contributed by atoms with E-state index in [4.69, 9.17) is 0 Å². The molecule has 0 atom stereocenters. The number of rotatable bonds is 5. The van der Waals surface area contributed by atoms with E-state index < -0.39 is 11.2 Å². The lowest BCUT2D eigenvalue weighted by atomic mass is 10.2. The molecule has 1 aromatic carbocycles. The lowest BCUT2D eigenvalue weighted by Gasteiger charge is -2.11. The van der Waals surface area contributed by atoms with Gasteiger partial charge in [0.2, 0.25) is 0 Å². The highest BCUT2D eigenvalue weighted by Gasteiger charge is 2.18. The highest BCUT2D eigenvalue weighted by atomic mass is 32.2. The smallest absolute Gasteiger partial charge is 0.300 e. The topological polar surface area (TPSA) is 72.7 Å². The number of aryl methyl sites for hydroxylation is 1. The van der Waals surface area contributed by atoms with Gasteiger partial charge in [0.15, 0.2) is 16.3 Å². The predicted octanol–water partition coefficient (Wildman–Crippen LogP) is 2.22. The minimum atomic E-state index is -0.439. The van der Waals surface area contributed by atoms with Gasteiger partial charge in [0.1, 0.15) is 0 Å². The Morgan fingerprint density at radius 3 is 2.58 bits per heavy atom. The van der Waals surface area contributed by atoms with Gasteiger partial charge in [0.05, 0.1) is 6.54 Å². The summed E-state index contributed by atoms with van der Waals surface area (Å²) in [6.07, 6.45) is 0. The molecule has 0 aliphatic heterocycles. The average Bonchev–Trinajstić information content (AvgIpc) is 2.91. The van der Waals surface area contributed by atoms with Crippen molar-refractivity contribution >= 4 is 22.9 Å². The van der Waals surface area contributed by atoms with E-state index in [0.717, 1.165) is 16.5 Å². The largest absolute Gasteiger partial charge is 0.329 e. The number of thioether (sulfide) groups is 1. The molecule has 0 radical (unpaired) electrons. The van der Waals surface area contributed by atoms with Gasteiger partial charge in [-0.1, -0.05) is 55.9 Å². The summed E-state index contributed by atoms with van der Waals surface area (Å²) < 4.78 is 3.40. The van der Waals surface area contributed by atoms with Crippen LogP contribution < -0.4 is 11.2 Å². The summed E-state index contributed by atoms with van der Waals surface area (Å²) in [5.74, 6) is 1.39. The van der Waals surface area contributed by atoms with Crippen molar-refractivity contribution in [3.63, 3.8) is 0 Å². The van der Waals surface area contributed by atoms with Gasteiger partial charge in [-0.2, -0.15) is 0 Å². The Balaban J connectivity index is 2.19. The summed E-state index contributed by atoms with van der Waals surface area (Å²) >= 11 is 1.61. The van der Waals surface area contributed by atoms with Crippen LogP contribution in [0.4, 0.5) is 0 Å². The number of hydrogen-bond donors (Lipinski definition) is 1. The van der Waals surface area contributed by atoms with Crippen molar-refractivity contribution in [1.82, 2.24) is 19.1 Å². The number of aromatic nitrogens is 4. The second kappa shape index (κ2) is 6.68. The first-order valence-corrected chi connectivity index (χ1v) is 8.82. The Labute approximate surface area is 143 Å². The number of hydrogen-bond acceptors (Lipinski definition) is 4. The Morgan fingerprint density at radius 2 is 1.92 bits per heavy atom. The third-order valence-corrected chi connectivity index (χ3v) is 5.10. The predicted molar refractivity (Wildman–Crippen MR) is 96.7 cm³/mol. The minimum absolute atomic E-state index is 0.305. The van der Waals surface area contributed by atoms with Crippen molar-refractivity contribution < 1.29 is 0 Å². The molecule has 3 aromatic rings. The third-order valence-electron chi connectivity index (χ3n) is 3.69. The number of nitrogens with zero attached hydrogens (tertiary/aromatic N) is 3. The van der Waals surface area contributed by atoms with E-state index in [1.807, 2.05) is 34.9 Å². The van der Waals surface area contributed by atoms with Gasteiger partial charge in [-0.3, -0.25) is 14.3 Å². The molecule has 0 bridgehead atoms. The molecule has 24 heavy (non-hydrogen) atoms. The van der Waals surface area contributed by atoms with Crippen LogP contribution in [0.2, 0.25) is 0 Å². The number of aromatic amines is 1. The molecule has 0 saturated carbocycles. The average molecular weight is 344 g/mol. The molecule has 0 amide bonds. The molecule has 0 unspecified atom stereocenters. The van der Waals surface area contributed by atoms with Crippen molar-refractivity contribution in [2.24, 2.45) is 13.0 Å². The standard InChI is InChI=1S/C17H20N4O2S/c1-11(2)10-24-17-18-13-14(22)19-16(23)20(3)15(13)21(17)9-12-7-5-4-6-8-12/h4-8,11H,9-10H2,1-3H3,(H,19,22,23). The summed E-state index contributed by atoms with van der Waals surface area (Å²) in [6.45, 7) is 4.84. The number of benzene rings is 1. The van der Waals surface area contributed by atoms with Crippen LogP contribution in [0.25, 0.3) is 11.2 Å². The zero-order valence-electron chi connectivity index (χ0n) is 13.9. The maximum absolute atomic E-state index is 12.2. The first kappa shape index (κ1) is 16.6. The first-order valence-electron chi connectivity index (χ1n) is 7.83. The zero-order chi connectivity index (χ0) is 17.3. The second-order valence-corrected chi connectivity index (χ2v) is 7.15. The van der Waals surface area contributed by atoms with Gasteiger partial charge in [-0.05, 0) is 11.5 Å². The van der Waals surface area contributed by atoms with Crippen LogP contribution in [0.5, 0.6) is 0 Å². The summed E-state index contributed by atoms with van der Waals surface area (Å²) in [5, 5.41) is 0.759. The fourth-order valence-electron chi connectivity index (χ4n) is 2.51. The number of H-pyrrole nitrogens is 1. The molecular formula is C17H20N4O2S. The van der Waals surface area contributed by atoms with E-state index in [1.165, 1.54) is 4.57 Å². The van der Waals surface area contributed by atoms with E-state index in [-0.39, 0.29) is 0 Å².